The number of carbonyl (C=O) groups excluding carboxylic acids is 1. The van der Waals surface area contributed by atoms with Crippen LogP contribution in [0.2, 0.25) is 0 Å². The van der Waals surface area contributed by atoms with Crippen molar-refractivity contribution in [2.45, 2.75) is 45.7 Å². The highest BCUT2D eigenvalue weighted by Gasteiger charge is 2.20. The third kappa shape index (κ3) is 5.41. The van der Waals surface area contributed by atoms with Crippen LogP contribution >= 0.6 is 0 Å². The van der Waals surface area contributed by atoms with Crippen molar-refractivity contribution in [1.82, 2.24) is 15.1 Å². The fraction of sp³-hybridized carbons (Fsp3) is 0.474. The van der Waals surface area contributed by atoms with E-state index < -0.39 is 0 Å². The van der Waals surface area contributed by atoms with Gasteiger partial charge in [-0.1, -0.05) is 30.3 Å². The third-order valence-corrected chi connectivity index (χ3v) is 3.86. The Morgan fingerprint density at radius 1 is 1.28 bits per heavy atom. The number of hydrogen-bond acceptors (Lipinski definition) is 4. The van der Waals surface area contributed by atoms with Gasteiger partial charge < -0.3 is 15.7 Å². The zero-order valence-corrected chi connectivity index (χ0v) is 15.4. The average molecular weight is 344 g/mol. The molecule has 1 unspecified atom stereocenters. The number of hydrogen-bond donors (Lipinski definition) is 3. The molecule has 1 amide bonds. The monoisotopic (exact) mass is 344 g/mol. The third-order valence-electron chi connectivity index (χ3n) is 3.86. The van der Waals surface area contributed by atoms with Crippen LogP contribution in [0, 0.1) is 6.92 Å². The van der Waals surface area contributed by atoms with Crippen molar-refractivity contribution in [2.24, 2.45) is 0 Å². The smallest absolute Gasteiger partial charge is 0.239 e. The van der Waals surface area contributed by atoms with Gasteiger partial charge in [0.1, 0.15) is 5.82 Å². The molecule has 0 saturated carbocycles. The topological polar surface area (TPSA) is 79.2 Å². The lowest BCUT2D eigenvalue weighted by Crippen LogP contribution is -2.33. The van der Waals surface area contributed by atoms with Crippen molar-refractivity contribution < 1.29 is 9.90 Å². The van der Waals surface area contributed by atoms with Gasteiger partial charge in [-0.25, -0.2) is 4.68 Å². The molecule has 6 heteroatoms. The van der Waals surface area contributed by atoms with Crippen molar-refractivity contribution in [3.8, 4) is 0 Å². The molecule has 0 bridgehead atoms. The number of amides is 1. The summed E-state index contributed by atoms with van der Waals surface area (Å²) in [6, 6.07) is 11.6. The molecule has 0 fully saturated rings. The summed E-state index contributed by atoms with van der Waals surface area (Å²) in [6.45, 7) is 8.25. The molecule has 1 heterocycles. The second-order valence-corrected chi connectivity index (χ2v) is 7.16. The number of aliphatic hydroxyl groups is 1. The molecule has 0 spiro atoms. The Morgan fingerprint density at radius 3 is 2.56 bits per heavy atom. The Hall–Kier alpha value is -2.18. The summed E-state index contributed by atoms with van der Waals surface area (Å²) >= 11 is 0. The first kappa shape index (κ1) is 19.1. The molecular formula is C19H28N4O2. The van der Waals surface area contributed by atoms with Crippen LogP contribution in [0.3, 0.4) is 0 Å². The van der Waals surface area contributed by atoms with Gasteiger partial charge in [-0.15, -0.1) is 0 Å². The Kier molecular flexibility index (Phi) is 6.33. The predicted molar refractivity (Wildman–Crippen MR) is 99.5 cm³/mol. The molecule has 1 aromatic heterocycles. The van der Waals surface area contributed by atoms with Gasteiger partial charge in [-0.2, -0.15) is 5.10 Å². The summed E-state index contributed by atoms with van der Waals surface area (Å²) < 4.78 is 1.82. The van der Waals surface area contributed by atoms with E-state index in [1.807, 2.05) is 68.8 Å². The molecule has 0 aliphatic heterocycles. The number of aliphatic hydroxyl groups excluding tert-OH is 1. The van der Waals surface area contributed by atoms with Crippen molar-refractivity contribution in [1.29, 1.82) is 0 Å². The van der Waals surface area contributed by atoms with Crippen LogP contribution in [-0.4, -0.2) is 33.9 Å². The predicted octanol–water partition coefficient (Wildman–Crippen LogP) is 2.60. The lowest BCUT2D eigenvalue weighted by atomic mass is 10.0. The maximum atomic E-state index is 12.4. The van der Waals surface area contributed by atoms with E-state index in [1.165, 1.54) is 0 Å². The number of rotatable bonds is 7. The van der Waals surface area contributed by atoms with Crippen LogP contribution in [0.5, 0.6) is 0 Å². The number of benzene rings is 1. The maximum absolute atomic E-state index is 12.4. The van der Waals surface area contributed by atoms with Crippen LogP contribution in [0.4, 0.5) is 5.82 Å². The number of anilines is 1. The first-order valence-corrected chi connectivity index (χ1v) is 8.57. The van der Waals surface area contributed by atoms with E-state index in [0.29, 0.717) is 12.2 Å². The van der Waals surface area contributed by atoms with Gasteiger partial charge in [0.05, 0.1) is 17.8 Å². The van der Waals surface area contributed by atoms with E-state index >= 15 is 0 Å². The largest absolute Gasteiger partial charge is 0.396 e. The van der Waals surface area contributed by atoms with E-state index in [0.717, 1.165) is 11.3 Å². The summed E-state index contributed by atoms with van der Waals surface area (Å²) in [7, 11) is 0. The van der Waals surface area contributed by atoms with Crippen LogP contribution in [0.15, 0.2) is 36.4 Å². The van der Waals surface area contributed by atoms with E-state index in [2.05, 4.69) is 15.7 Å². The van der Waals surface area contributed by atoms with Crippen LogP contribution in [0.1, 0.15) is 44.5 Å². The lowest BCUT2D eigenvalue weighted by Gasteiger charge is -2.23. The van der Waals surface area contributed by atoms with Crippen LogP contribution in [0.25, 0.3) is 0 Å². The standard InChI is InChI=1S/C19H28N4O2/c1-14-12-17(23(22-14)19(2,3)4)21-18(25)13-20-16(10-11-24)15-8-6-5-7-9-15/h5-9,12,16,20,24H,10-11,13H2,1-4H3,(H,21,25). The first-order valence-electron chi connectivity index (χ1n) is 8.57. The van der Waals surface area contributed by atoms with E-state index in [4.69, 9.17) is 0 Å². The molecule has 6 nitrogen and oxygen atoms in total. The molecule has 25 heavy (non-hydrogen) atoms. The minimum Gasteiger partial charge on any atom is -0.396 e. The fourth-order valence-corrected chi connectivity index (χ4v) is 2.70. The second-order valence-electron chi connectivity index (χ2n) is 7.16. The lowest BCUT2D eigenvalue weighted by molar-refractivity contribution is -0.115. The summed E-state index contributed by atoms with van der Waals surface area (Å²) in [5, 5.41) is 19.9. The zero-order chi connectivity index (χ0) is 18.4. The molecule has 1 atom stereocenters. The van der Waals surface area contributed by atoms with Crippen LogP contribution < -0.4 is 10.6 Å². The number of aromatic nitrogens is 2. The normalized spacial score (nSPS) is 12.8. The molecule has 0 radical (unpaired) electrons. The molecule has 0 aliphatic rings. The quantitative estimate of drug-likeness (QED) is 0.721. The highest BCUT2D eigenvalue weighted by molar-refractivity contribution is 5.91. The first-order chi connectivity index (χ1) is 11.8. The Balaban J connectivity index is 2.00. The van der Waals surface area contributed by atoms with Crippen molar-refractivity contribution in [3.63, 3.8) is 0 Å². The molecule has 1 aromatic carbocycles. The van der Waals surface area contributed by atoms with Gasteiger partial charge in [0.25, 0.3) is 0 Å². The molecule has 0 saturated heterocycles. The number of nitrogens with zero attached hydrogens (tertiary/aromatic N) is 2. The van der Waals surface area contributed by atoms with Gasteiger partial charge in [0.2, 0.25) is 5.91 Å². The van der Waals surface area contributed by atoms with Gasteiger partial charge in [0, 0.05) is 18.7 Å². The molecular weight excluding hydrogens is 316 g/mol. The van der Waals surface area contributed by atoms with Crippen molar-refractivity contribution in [3.05, 3.63) is 47.7 Å². The summed E-state index contributed by atoms with van der Waals surface area (Å²) in [6.07, 6.45) is 0.552. The highest BCUT2D eigenvalue weighted by Crippen LogP contribution is 2.21. The molecule has 136 valence electrons. The molecule has 3 N–H and O–H groups in total. The fourth-order valence-electron chi connectivity index (χ4n) is 2.70. The SMILES string of the molecule is Cc1cc(NC(=O)CNC(CCO)c2ccccc2)n(C(C)(C)C)n1. The summed E-state index contributed by atoms with van der Waals surface area (Å²) in [5.41, 5.74) is 1.70. The van der Waals surface area contributed by atoms with Crippen LogP contribution in [-0.2, 0) is 10.3 Å². The minimum absolute atomic E-state index is 0.0597. The second kappa shape index (κ2) is 8.27. The van der Waals surface area contributed by atoms with Gasteiger partial charge in [-0.3, -0.25) is 4.79 Å². The molecule has 2 rings (SSSR count). The number of nitrogens with one attached hydrogen (secondary N) is 2. The Labute approximate surface area is 149 Å². The number of carbonyl (C=O) groups is 1. The zero-order valence-electron chi connectivity index (χ0n) is 15.4. The summed E-state index contributed by atoms with van der Waals surface area (Å²) in [5.74, 6) is 0.555. The van der Waals surface area contributed by atoms with Gasteiger partial charge in [0.15, 0.2) is 0 Å². The van der Waals surface area contributed by atoms with E-state index in [-0.39, 0.29) is 30.6 Å². The summed E-state index contributed by atoms with van der Waals surface area (Å²) in [4.78, 5) is 12.4. The van der Waals surface area contributed by atoms with E-state index in [9.17, 15) is 9.90 Å². The minimum atomic E-state index is -0.215. The average Bonchev–Trinajstić information content (AvgIpc) is 2.93. The van der Waals surface area contributed by atoms with Crippen molar-refractivity contribution >= 4 is 11.7 Å². The number of aryl methyl sites for hydroxylation is 1. The Bertz CT molecular complexity index is 689. The van der Waals surface area contributed by atoms with Gasteiger partial charge in [-0.05, 0) is 39.7 Å². The highest BCUT2D eigenvalue weighted by atomic mass is 16.3. The van der Waals surface area contributed by atoms with Crippen molar-refractivity contribution in [2.75, 3.05) is 18.5 Å². The van der Waals surface area contributed by atoms with E-state index in [1.54, 1.807) is 0 Å². The Morgan fingerprint density at radius 2 is 1.96 bits per heavy atom. The molecule has 2 aromatic rings. The maximum Gasteiger partial charge on any atom is 0.239 e. The molecule has 0 aliphatic carbocycles. The van der Waals surface area contributed by atoms with Gasteiger partial charge >= 0.3 is 0 Å².